The lowest BCUT2D eigenvalue weighted by atomic mass is 10.0. The number of nitrogens with zero attached hydrogens (tertiary/aromatic N) is 5. The molecule has 0 amide bonds. The molecule has 14 aromatic rings. The highest BCUT2D eigenvalue weighted by atomic mass is 15.1. The van der Waals surface area contributed by atoms with Gasteiger partial charge in [0, 0.05) is 60.0 Å². The Morgan fingerprint density at radius 1 is 0.286 bits per heavy atom. The molecule has 10 aromatic carbocycles. The Bertz CT molecular complexity index is 4210. The lowest BCUT2D eigenvalue weighted by Gasteiger charge is -2.14. The number of benzene rings is 10. The summed E-state index contributed by atoms with van der Waals surface area (Å²) in [5, 5.41) is 13.1. The molecule has 0 N–H and O–H groups in total. The number of hydrogen-bond acceptors (Lipinski definition) is 2. The first-order valence-electron chi connectivity index (χ1n) is 21.5. The van der Waals surface area contributed by atoms with E-state index in [1.54, 1.807) is 0 Å². The highest BCUT2D eigenvalue weighted by Gasteiger charge is 2.21. The molecule has 0 fully saturated rings. The molecular weight excluding hydrogens is 767 g/mol. The van der Waals surface area contributed by atoms with E-state index in [0.717, 1.165) is 55.6 Å². The predicted molar refractivity (Wildman–Crippen MR) is 263 cm³/mol. The molecule has 0 saturated heterocycles. The number of aromatic nitrogens is 5. The van der Waals surface area contributed by atoms with Gasteiger partial charge in [0.15, 0.2) is 5.82 Å². The van der Waals surface area contributed by atoms with Gasteiger partial charge in [0.05, 0.1) is 38.6 Å². The van der Waals surface area contributed by atoms with Gasteiger partial charge in [-0.25, -0.2) is 9.97 Å². The van der Waals surface area contributed by atoms with Crippen molar-refractivity contribution in [2.45, 2.75) is 0 Å². The van der Waals surface area contributed by atoms with E-state index >= 15 is 0 Å². The Morgan fingerprint density at radius 3 is 1.68 bits per heavy atom. The summed E-state index contributed by atoms with van der Waals surface area (Å²) in [4.78, 5) is 10.8. The summed E-state index contributed by atoms with van der Waals surface area (Å²) >= 11 is 0. The Labute approximate surface area is 360 Å². The van der Waals surface area contributed by atoms with Gasteiger partial charge in [0.2, 0.25) is 0 Å². The van der Waals surface area contributed by atoms with E-state index in [-0.39, 0.29) is 0 Å². The van der Waals surface area contributed by atoms with Crippen molar-refractivity contribution >= 4 is 97.9 Å². The van der Waals surface area contributed by atoms with Crippen LogP contribution in [0.1, 0.15) is 0 Å². The fraction of sp³-hybridized carbons (Fsp3) is 0. The van der Waals surface area contributed by atoms with Crippen LogP contribution in [0.15, 0.2) is 212 Å². The van der Waals surface area contributed by atoms with Crippen molar-refractivity contribution in [3.05, 3.63) is 212 Å². The molecule has 0 unspecified atom stereocenters. The standard InChI is InChI=1S/C58H35N5/c1-2-15-40(16-3-1)61-51-23-11-7-18-43(51)46-30-28-38(34-54(46)61)57-59-50-22-10-6-21-48(50)58(60-57)63-53-25-13-9-20-45(53)49-33-37-26-29-41(32-39(37)35-55(49)63)62-52-24-12-8-19-44(52)47-31-27-36-14-4-5-17-42(36)56(47)62/h1-35H. The largest absolute Gasteiger partial charge is 0.309 e. The van der Waals surface area contributed by atoms with Gasteiger partial charge in [-0.15, -0.1) is 0 Å². The molecule has 4 heterocycles. The van der Waals surface area contributed by atoms with E-state index < -0.39 is 0 Å². The lowest BCUT2D eigenvalue weighted by Crippen LogP contribution is -2.03. The highest BCUT2D eigenvalue weighted by molar-refractivity contribution is 6.19. The lowest BCUT2D eigenvalue weighted by molar-refractivity contribution is 1.08. The molecule has 292 valence electrons. The van der Waals surface area contributed by atoms with Crippen LogP contribution in [0, 0.1) is 0 Å². The second-order valence-corrected chi connectivity index (χ2v) is 16.6. The van der Waals surface area contributed by atoms with Crippen LogP contribution >= 0.6 is 0 Å². The topological polar surface area (TPSA) is 40.6 Å². The number of fused-ring (bicyclic) bond motifs is 13. The van der Waals surface area contributed by atoms with Crippen molar-refractivity contribution in [2.24, 2.45) is 0 Å². The average Bonchev–Trinajstić information content (AvgIpc) is 3.98. The van der Waals surface area contributed by atoms with Crippen LogP contribution in [0.25, 0.3) is 126 Å². The van der Waals surface area contributed by atoms with Crippen molar-refractivity contribution in [3.63, 3.8) is 0 Å². The molecule has 0 aliphatic carbocycles. The molecule has 0 bridgehead atoms. The van der Waals surface area contributed by atoms with Crippen LogP contribution in [0.3, 0.4) is 0 Å². The summed E-state index contributed by atoms with van der Waals surface area (Å²) in [5.74, 6) is 1.54. The van der Waals surface area contributed by atoms with Crippen molar-refractivity contribution in [2.75, 3.05) is 0 Å². The fourth-order valence-corrected chi connectivity index (χ4v) is 10.4. The molecule has 0 radical (unpaired) electrons. The maximum atomic E-state index is 5.55. The van der Waals surface area contributed by atoms with Crippen LogP contribution in [0.5, 0.6) is 0 Å². The van der Waals surface area contributed by atoms with Crippen LogP contribution < -0.4 is 0 Å². The number of hydrogen-bond donors (Lipinski definition) is 0. The first kappa shape index (κ1) is 34.2. The fourth-order valence-electron chi connectivity index (χ4n) is 10.4. The molecule has 0 aliphatic rings. The summed E-state index contributed by atoms with van der Waals surface area (Å²) in [6, 6.07) is 76.7. The van der Waals surface area contributed by atoms with Crippen LogP contribution in [-0.2, 0) is 0 Å². The molecule has 0 saturated carbocycles. The first-order chi connectivity index (χ1) is 31.2. The molecule has 0 atom stereocenters. The van der Waals surface area contributed by atoms with Gasteiger partial charge in [-0.3, -0.25) is 4.57 Å². The Hall–Kier alpha value is -8.54. The van der Waals surface area contributed by atoms with Crippen LogP contribution in [0.4, 0.5) is 0 Å². The van der Waals surface area contributed by atoms with Gasteiger partial charge in [0.25, 0.3) is 0 Å². The monoisotopic (exact) mass is 801 g/mol. The zero-order valence-corrected chi connectivity index (χ0v) is 33.9. The summed E-state index contributed by atoms with van der Waals surface area (Å²) in [7, 11) is 0. The Morgan fingerprint density at radius 2 is 0.873 bits per heavy atom. The van der Waals surface area contributed by atoms with E-state index in [4.69, 9.17) is 9.97 Å². The Kier molecular flexibility index (Phi) is 7.05. The number of para-hydroxylation sites is 5. The molecule has 5 nitrogen and oxygen atoms in total. The molecule has 63 heavy (non-hydrogen) atoms. The van der Waals surface area contributed by atoms with E-state index in [2.05, 4.69) is 226 Å². The van der Waals surface area contributed by atoms with Gasteiger partial charge in [-0.2, -0.15) is 0 Å². The second kappa shape index (κ2) is 13.0. The zero-order valence-electron chi connectivity index (χ0n) is 33.9. The van der Waals surface area contributed by atoms with Crippen LogP contribution in [0.2, 0.25) is 0 Å². The van der Waals surface area contributed by atoms with Crippen molar-refractivity contribution in [3.8, 4) is 28.6 Å². The van der Waals surface area contributed by atoms with Gasteiger partial charge in [-0.1, -0.05) is 140 Å². The molecule has 5 heteroatoms. The van der Waals surface area contributed by atoms with Gasteiger partial charge < -0.3 is 9.13 Å². The van der Waals surface area contributed by atoms with Crippen molar-refractivity contribution in [1.82, 2.24) is 23.7 Å². The third-order valence-corrected chi connectivity index (χ3v) is 13.2. The van der Waals surface area contributed by atoms with Crippen molar-refractivity contribution < 1.29 is 0 Å². The normalized spacial score (nSPS) is 12.1. The zero-order chi connectivity index (χ0) is 41.2. The second-order valence-electron chi connectivity index (χ2n) is 16.6. The molecule has 0 aliphatic heterocycles. The van der Waals surface area contributed by atoms with Gasteiger partial charge in [0.1, 0.15) is 5.82 Å². The molecule has 4 aromatic heterocycles. The maximum absolute atomic E-state index is 5.55. The highest BCUT2D eigenvalue weighted by Crippen LogP contribution is 2.41. The summed E-state index contributed by atoms with van der Waals surface area (Å²) in [5.41, 5.74) is 11.0. The van der Waals surface area contributed by atoms with E-state index in [1.165, 1.54) is 65.0 Å². The van der Waals surface area contributed by atoms with Crippen LogP contribution in [-0.4, -0.2) is 23.7 Å². The summed E-state index contributed by atoms with van der Waals surface area (Å²) in [6.45, 7) is 0. The summed E-state index contributed by atoms with van der Waals surface area (Å²) in [6.07, 6.45) is 0. The van der Waals surface area contributed by atoms with E-state index in [1.807, 2.05) is 0 Å². The third kappa shape index (κ3) is 4.93. The van der Waals surface area contributed by atoms with Gasteiger partial charge >= 0.3 is 0 Å². The third-order valence-electron chi connectivity index (χ3n) is 13.2. The van der Waals surface area contributed by atoms with E-state index in [0.29, 0.717) is 5.82 Å². The molecular formula is C58H35N5. The van der Waals surface area contributed by atoms with Crippen molar-refractivity contribution in [1.29, 1.82) is 0 Å². The molecule has 0 spiro atoms. The SMILES string of the molecule is c1ccc(-n2c3ccccc3c3ccc(-c4nc(-n5c6ccccc6c6cc7ccc(-n8c9ccccc9c9ccc%10ccccc%10c98)cc7cc65)c5ccccc5n4)cc32)cc1. The molecule has 14 rings (SSSR count). The average molecular weight is 802 g/mol. The maximum Gasteiger partial charge on any atom is 0.162 e. The van der Waals surface area contributed by atoms with Gasteiger partial charge in [-0.05, 0) is 89.0 Å². The van der Waals surface area contributed by atoms with E-state index in [9.17, 15) is 0 Å². The predicted octanol–water partition coefficient (Wildman–Crippen LogP) is 14.9. The first-order valence-corrected chi connectivity index (χ1v) is 21.5. The quantitative estimate of drug-likeness (QED) is 0.178. The minimum Gasteiger partial charge on any atom is -0.309 e. The Balaban J connectivity index is 1.02. The minimum atomic E-state index is 0.683. The number of rotatable bonds is 4. The summed E-state index contributed by atoms with van der Waals surface area (Å²) < 4.78 is 7.16. The smallest absolute Gasteiger partial charge is 0.162 e. The minimum absolute atomic E-state index is 0.683.